The van der Waals surface area contributed by atoms with Crippen LogP contribution in [-0.2, 0) is 6.54 Å². The molecule has 0 amide bonds. The minimum Gasteiger partial charge on any atom is -0.388 e. The second-order valence-corrected chi connectivity index (χ2v) is 5.31. The molecule has 2 aromatic heterocycles. The summed E-state index contributed by atoms with van der Waals surface area (Å²) in [4.78, 5) is 10.6. The number of pyridine rings is 2. The van der Waals surface area contributed by atoms with Gasteiger partial charge in [-0.05, 0) is 39.7 Å². The molecule has 5 nitrogen and oxygen atoms in total. The minimum atomic E-state index is 0.179. The number of nitrogens with two attached hydrogens (primary N) is 1. The fraction of sp³-hybridized carbons (Fsp3) is 0.214. The topological polar surface area (TPSA) is 78.9 Å². The zero-order valence-electron chi connectivity index (χ0n) is 11.0. The molecule has 0 fully saturated rings. The van der Waals surface area contributed by atoms with E-state index in [1.165, 1.54) is 0 Å². The number of hydrogen-bond acceptors (Lipinski definition) is 4. The van der Waals surface area contributed by atoms with Gasteiger partial charge in [0.2, 0.25) is 0 Å². The Hall–Kier alpha value is -1.95. The number of halogens is 1. The average molecular weight is 334 g/mol. The van der Waals surface area contributed by atoms with Crippen molar-refractivity contribution in [2.24, 2.45) is 5.73 Å². The monoisotopic (exact) mass is 333 g/mol. The van der Waals surface area contributed by atoms with Gasteiger partial charge in [-0.2, -0.15) is 0 Å². The van der Waals surface area contributed by atoms with E-state index in [-0.39, 0.29) is 5.84 Å². The first-order valence-electron chi connectivity index (χ1n) is 6.23. The highest BCUT2D eigenvalue weighted by atomic mass is 79.9. The Morgan fingerprint density at radius 2 is 2.15 bits per heavy atom. The lowest BCUT2D eigenvalue weighted by atomic mass is 10.2. The van der Waals surface area contributed by atoms with Gasteiger partial charge in [-0.3, -0.25) is 10.4 Å². The lowest BCUT2D eigenvalue weighted by Gasteiger charge is -2.23. The van der Waals surface area contributed by atoms with Crippen LogP contribution < -0.4 is 10.6 Å². The SMILES string of the molecule is N=C(N)CCN(Cc1cccnc1)c1ccc(Br)cn1. The smallest absolute Gasteiger partial charge is 0.128 e. The first-order valence-corrected chi connectivity index (χ1v) is 7.03. The molecule has 0 atom stereocenters. The van der Waals surface area contributed by atoms with Gasteiger partial charge in [0.05, 0.1) is 5.84 Å². The summed E-state index contributed by atoms with van der Waals surface area (Å²) in [6.07, 6.45) is 5.86. The maximum Gasteiger partial charge on any atom is 0.128 e. The summed E-state index contributed by atoms with van der Waals surface area (Å²) in [6.45, 7) is 1.34. The first kappa shape index (κ1) is 14.5. The van der Waals surface area contributed by atoms with Crippen LogP contribution >= 0.6 is 15.9 Å². The number of nitrogens with one attached hydrogen (secondary N) is 1. The van der Waals surface area contributed by atoms with E-state index in [1.54, 1.807) is 12.4 Å². The number of rotatable bonds is 6. The van der Waals surface area contributed by atoms with Gasteiger partial charge >= 0.3 is 0 Å². The van der Waals surface area contributed by atoms with E-state index in [1.807, 2.05) is 30.5 Å². The molecule has 3 N–H and O–H groups in total. The maximum atomic E-state index is 7.37. The number of hydrogen-bond donors (Lipinski definition) is 2. The van der Waals surface area contributed by atoms with Crippen molar-refractivity contribution in [3.8, 4) is 0 Å². The molecule has 0 aromatic carbocycles. The Bertz CT molecular complexity index is 556. The summed E-state index contributed by atoms with van der Waals surface area (Å²) < 4.78 is 0.939. The van der Waals surface area contributed by atoms with Crippen LogP contribution in [-0.4, -0.2) is 22.3 Å². The molecule has 20 heavy (non-hydrogen) atoms. The van der Waals surface area contributed by atoms with Gasteiger partial charge in [-0.15, -0.1) is 0 Å². The number of anilines is 1. The lowest BCUT2D eigenvalue weighted by molar-refractivity contribution is 0.783. The van der Waals surface area contributed by atoms with E-state index >= 15 is 0 Å². The van der Waals surface area contributed by atoms with Crippen LogP contribution in [0.25, 0.3) is 0 Å². The molecule has 0 radical (unpaired) electrons. The number of aromatic nitrogens is 2. The second-order valence-electron chi connectivity index (χ2n) is 4.39. The van der Waals surface area contributed by atoms with Gasteiger partial charge in [0.25, 0.3) is 0 Å². The second kappa shape index (κ2) is 7.00. The van der Waals surface area contributed by atoms with Crippen molar-refractivity contribution >= 4 is 27.6 Å². The van der Waals surface area contributed by atoms with Crippen LogP contribution in [0.3, 0.4) is 0 Å². The summed E-state index contributed by atoms with van der Waals surface area (Å²) in [7, 11) is 0. The van der Waals surface area contributed by atoms with Crippen LogP contribution in [0.5, 0.6) is 0 Å². The van der Waals surface area contributed by atoms with Crippen molar-refractivity contribution < 1.29 is 0 Å². The van der Waals surface area contributed by atoms with Gasteiger partial charge in [0, 0.05) is 42.6 Å². The van der Waals surface area contributed by atoms with Gasteiger partial charge in [0.15, 0.2) is 0 Å². The van der Waals surface area contributed by atoms with E-state index in [9.17, 15) is 0 Å². The summed E-state index contributed by atoms with van der Waals surface area (Å²) in [5, 5.41) is 7.37. The van der Waals surface area contributed by atoms with Gasteiger partial charge in [-0.25, -0.2) is 4.98 Å². The predicted octanol–water partition coefficient (Wildman–Crippen LogP) is 2.57. The van der Waals surface area contributed by atoms with Crippen molar-refractivity contribution in [1.29, 1.82) is 5.41 Å². The van der Waals surface area contributed by atoms with Crippen molar-refractivity contribution in [2.75, 3.05) is 11.4 Å². The molecule has 6 heteroatoms. The highest BCUT2D eigenvalue weighted by molar-refractivity contribution is 9.10. The predicted molar refractivity (Wildman–Crippen MR) is 83.8 cm³/mol. The molecular weight excluding hydrogens is 318 g/mol. The zero-order valence-corrected chi connectivity index (χ0v) is 12.5. The molecule has 0 unspecified atom stereocenters. The van der Waals surface area contributed by atoms with Gasteiger partial charge in [0.1, 0.15) is 5.82 Å². The van der Waals surface area contributed by atoms with E-state index in [2.05, 4.69) is 30.8 Å². The molecule has 2 heterocycles. The molecule has 0 saturated carbocycles. The largest absolute Gasteiger partial charge is 0.388 e. The number of nitrogens with zero attached hydrogens (tertiary/aromatic N) is 3. The van der Waals surface area contributed by atoms with Gasteiger partial charge in [-0.1, -0.05) is 6.07 Å². The van der Waals surface area contributed by atoms with Crippen LogP contribution in [0.1, 0.15) is 12.0 Å². The van der Waals surface area contributed by atoms with Crippen molar-refractivity contribution in [2.45, 2.75) is 13.0 Å². The average Bonchev–Trinajstić information content (AvgIpc) is 2.45. The molecule has 0 aliphatic carbocycles. The standard InChI is InChI=1S/C14H16BrN5/c15-12-3-4-14(19-9-12)20(7-5-13(16)17)10-11-2-1-6-18-8-11/h1-4,6,8-9H,5,7,10H2,(H3,16,17). The first-order chi connectivity index (χ1) is 9.65. The third-order valence-corrected chi connectivity index (χ3v) is 3.25. The zero-order chi connectivity index (χ0) is 14.4. The summed E-state index contributed by atoms with van der Waals surface area (Å²) in [5.41, 5.74) is 6.55. The quantitative estimate of drug-likeness (QED) is 0.629. The molecule has 2 aromatic rings. The lowest BCUT2D eigenvalue weighted by Crippen LogP contribution is -2.28. The molecule has 104 valence electrons. The van der Waals surface area contributed by atoms with Crippen LogP contribution in [0.15, 0.2) is 47.3 Å². The highest BCUT2D eigenvalue weighted by Crippen LogP contribution is 2.17. The van der Waals surface area contributed by atoms with Crippen molar-refractivity contribution in [3.05, 3.63) is 52.9 Å². The highest BCUT2D eigenvalue weighted by Gasteiger charge is 2.09. The molecule has 0 saturated heterocycles. The van der Waals surface area contributed by atoms with Gasteiger partial charge < -0.3 is 10.6 Å². The van der Waals surface area contributed by atoms with Crippen LogP contribution in [0.4, 0.5) is 5.82 Å². The fourth-order valence-electron chi connectivity index (χ4n) is 1.80. The third-order valence-electron chi connectivity index (χ3n) is 2.78. The Kier molecular flexibility index (Phi) is 5.06. The minimum absolute atomic E-state index is 0.179. The van der Waals surface area contributed by atoms with E-state index < -0.39 is 0 Å². The molecule has 0 aliphatic rings. The van der Waals surface area contributed by atoms with E-state index in [0.717, 1.165) is 15.9 Å². The number of amidine groups is 1. The molecule has 0 spiro atoms. The summed E-state index contributed by atoms with van der Waals surface area (Å²) >= 11 is 3.38. The van der Waals surface area contributed by atoms with Crippen molar-refractivity contribution in [1.82, 2.24) is 9.97 Å². The molecule has 0 aliphatic heterocycles. The normalized spacial score (nSPS) is 10.2. The van der Waals surface area contributed by atoms with E-state index in [4.69, 9.17) is 11.1 Å². The molecular formula is C14H16BrN5. The van der Waals surface area contributed by atoms with Crippen molar-refractivity contribution in [3.63, 3.8) is 0 Å². The van der Waals surface area contributed by atoms with Crippen LogP contribution in [0, 0.1) is 5.41 Å². The van der Waals surface area contributed by atoms with Crippen LogP contribution in [0.2, 0.25) is 0 Å². The maximum absolute atomic E-state index is 7.37. The Balaban J connectivity index is 2.15. The molecule has 2 rings (SSSR count). The fourth-order valence-corrected chi connectivity index (χ4v) is 2.03. The van der Waals surface area contributed by atoms with E-state index in [0.29, 0.717) is 19.5 Å². The Labute approximate surface area is 126 Å². The Morgan fingerprint density at radius 3 is 2.75 bits per heavy atom. The summed E-state index contributed by atoms with van der Waals surface area (Å²) in [6, 6.07) is 7.83. The summed E-state index contributed by atoms with van der Waals surface area (Å²) in [5.74, 6) is 1.04. The molecule has 0 bridgehead atoms. The third kappa shape index (κ3) is 4.31. The Morgan fingerprint density at radius 1 is 1.30 bits per heavy atom.